The number of hydrogen-bond acceptors (Lipinski definition) is 7. The smallest absolute Gasteiger partial charge is 0.330 e. The quantitative estimate of drug-likeness (QED) is 0.315. The number of rotatable bonds is 4. The summed E-state index contributed by atoms with van der Waals surface area (Å²) in [7, 11) is 0. The van der Waals surface area contributed by atoms with Crippen molar-refractivity contribution in [1.29, 1.82) is 0 Å². The third kappa shape index (κ3) is 3.04. The van der Waals surface area contributed by atoms with Gasteiger partial charge in [-0.2, -0.15) is 0 Å². The summed E-state index contributed by atoms with van der Waals surface area (Å²) in [5.74, 6) is -1.24. The Kier molecular flexibility index (Phi) is 5.53. The van der Waals surface area contributed by atoms with Crippen LogP contribution in [0.2, 0.25) is 0 Å². The van der Waals surface area contributed by atoms with Crippen molar-refractivity contribution in [3.05, 3.63) is 11.6 Å². The molecule has 7 nitrogen and oxygen atoms in total. The minimum absolute atomic E-state index is 0.0553. The minimum Gasteiger partial charge on any atom is -0.458 e. The first-order valence-corrected chi connectivity index (χ1v) is 13.4. The monoisotopic (exact) mass is 490 g/mol. The fraction of sp³-hybridized carbons (Fsp3) is 0.857. The molecular formula is C28H42O7. The lowest BCUT2D eigenvalue weighted by molar-refractivity contribution is -0.313. The maximum atomic E-state index is 13.1. The summed E-state index contributed by atoms with van der Waals surface area (Å²) in [5, 5.41) is 35.4. The van der Waals surface area contributed by atoms with Gasteiger partial charge in [0.05, 0.1) is 12.2 Å². The minimum atomic E-state index is -1.60. The maximum absolute atomic E-state index is 13.1. The Bertz CT molecular complexity index is 974. The van der Waals surface area contributed by atoms with Crippen LogP contribution in [0.3, 0.4) is 0 Å². The van der Waals surface area contributed by atoms with Crippen LogP contribution in [0, 0.1) is 28.6 Å². The SMILES string of the molecule is CC(=O)[C@@H]1CC[C@@]2(O)[C@]1(C)[C@H](OC(=O)/C=C(\C)C(C)C)CC1[C@@]3(C)CC[C@H](O)C[C@@]34O[C@H]4C[C@]12O. The summed E-state index contributed by atoms with van der Waals surface area (Å²) in [6.45, 7) is 11.4. The van der Waals surface area contributed by atoms with Gasteiger partial charge in [0.2, 0.25) is 0 Å². The highest BCUT2D eigenvalue weighted by atomic mass is 16.6. The van der Waals surface area contributed by atoms with Crippen molar-refractivity contribution in [1.82, 2.24) is 0 Å². The lowest BCUT2D eigenvalue weighted by Crippen LogP contribution is -2.78. The number of ketones is 1. The normalized spacial score (nSPS) is 52.7. The van der Waals surface area contributed by atoms with Gasteiger partial charge in [-0.15, -0.1) is 0 Å². The zero-order chi connectivity index (χ0) is 25.8. The fourth-order valence-corrected chi connectivity index (χ4v) is 8.97. The highest BCUT2D eigenvalue weighted by Gasteiger charge is 2.85. The molecule has 0 radical (unpaired) electrons. The van der Waals surface area contributed by atoms with Gasteiger partial charge in [-0.05, 0) is 51.9 Å². The van der Waals surface area contributed by atoms with Crippen LogP contribution in [0.1, 0.15) is 86.5 Å². The molecule has 5 rings (SSSR count). The molecule has 1 spiro atoms. The fourth-order valence-electron chi connectivity index (χ4n) is 8.97. The molecule has 0 amide bonds. The molecule has 5 fully saturated rings. The Balaban J connectivity index is 1.60. The molecule has 0 bridgehead atoms. The van der Waals surface area contributed by atoms with Gasteiger partial charge in [-0.1, -0.05) is 33.3 Å². The number of hydrogen-bond donors (Lipinski definition) is 3. The van der Waals surface area contributed by atoms with Crippen LogP contribution >= 0.6 is 0 Å². The highest BCUT2D eigenvalue weighted by Crippen LogP contribution is 2.76. The number of aliphatic hydroxyl groups is 3. The summed E-state index contributed by atoms with van der Waals surface area (Å²) in [5.41, 5.74) is -4.29. The Hall–Kier alpha value is -1.28. The molecule has 196 valence electrons. The van der Waals surface area contributed by atoms with E-state index in [9.17, 15) is 24.9 Å². The lowest BCUT2D eigenvalue weighted by atomic mass is 9.40. The number of epoxide rings is 1. The third-order valence-electron chi connectivity index (χ3n) is 11.4. The van der Waals surface area contributed by atoms with E-state index in [1.165, 1.54) is 13.0 Å². The molecule has 4 aliphatic carbocycles. The average molecular weight is 491 g/mol. The van der Waals surface area contributed by atoms with Crippen molar-refractivity contribution in [3.63, 3.8) is 0 Å². The van der Waals surface area contributed by atoms with Crippen LogP contribution in [0.15, 0.2) is 11.6 Å². The van der Waals surface area contributed by atoms with Gasteiger partial charge in [0.1, 0.15) is 28.7 Å². The van der Waals surface area contributed by atoms with E-state index < -0.39 is 57.6 Å². The first kappa shape index (κ1) is 25.4. The number of carbonyl (C=O) groups is 2. The summed E-state index contributed by atoms with van der Waals surface area (Å²) < 4.78 is 12.4. The molecule has 3 N–H and O–H groups in total. The average Bonchev–Trinajstić information content (AvgIpc) is 3.35. The van der Waals surface area contributed by atoms with Crippen LogP contribution in [0.5, 0.6) is 0 Å². The van der Waals surface area contributed by atoms with E-state index in [2.05, 4.69) is 6.92 Å². The van der Waals surface area contributed by atoms with E-state index in [0.29, 0.717) is 32.1 Å². The van der Waals surface area contributed by atoms with Crippen molar-refractivity contribution in [2.45, 2.75) is 122 Å². The van der Waals surface area contributed by atoms with Crippen LogP contribution in [0.25, 0.3) is 0 Å². The van der Waals surface area contributed by atoms with E-state index in [0.717, 1.165) is 5.57 Å². The lowest BCUT2D eigenvalue weighted by Gasteiger charge is -2.67. The van der Waals surface area contributed by atoms with E-state index in [1.54, 1.807) is 0 Å². The summed E-state index contributed by atoms with van der Waals surface area (Å²) >= 11 is 0. The molecule has 1 heterocycles. The molecule has 0 aromatic heterocycles. The molecule has 1 aliphatic heterocycles. The summed E-state index contributed by atoms with van der Waals surface area (Å²) in [6.07, 6.45) is 3.22. The summed E-state index contributed by atoms with van der Waals surface area (Å²) in [6, 6.07) is 0. The zero-order valence-corrected chi connectivity index (χ0v) is 22.0. The van der Waals surface area contributed by atoms with E-state index in [4.69, 9.17) is 9.47 Å². The van der Waals surface area contributed by atoms with Crippen LogP contribution in [0.4, 0.5) is 0 Å². The van der Waals surface area contributed by atoms with Crippen LogP contribution < -0.4 is 0 Å². The molecule has 4 saturated carbocycles. The molecular weight excluding hydrogens is 448 g/mol. The van der Waals surface area contributed by atoms with E-state index >= 15 is 0 Å². The Morgan fingerprint density at radius 3 is 2.40 bits per heavy atom. The van der Waals surface area contributed by atoms with Gasteiger partial charge in [-0.3, -0.25) is 4.79 Å². The maximum Gasteiger partial charge on any atom is 0.330 e. The number of allylic oxidation sites excluding steroid dienone is 1. The molecule has 5 aliphatic rings. The van der Waals surface area contributed by atoms with E-state index in [1.807, 2.05) is 27.7 Å². The number of carbonyl (C=O) groups excluding carboxylic acids is 2. The number of esters is 1. The second-order valence-electron chi connectivity index (χ2n) is 13.0. The molecule has 35 heavy (non-hydrogen) atoms. The van der Waals surface area contributed by atoms with Crippen LogP contribution in [-0.4, -0.2) is 62.2 Å². The number of aliphatic hydroxyl groups excluding tert-OH is 1. The number of ether oxygens (including phenoxy) is 2. The second kappa shape index (κ2) is 7.62. The topological polar surface area (TPSA) is 117 Å². The van der Waals surface area contributed by atoms with Crippen LogP contribution in [-0.2, 0) is 19.1 Å². The standard InChI is InChI=1S/C28H42O7/c1-15(2)16(3)11-23(31)34-21-12-20-24(5)9-7-18(30)13-27(24)22(35-27)14-26(20,32)28(33)10-8-19(17(4)29)25(21,28)6/h11,15,18-22,30,32-33H,7-10,12-14H2,1-6H3/b16-11+/t18-,19-,20?,21+,22-,24+,25-,26-,27-,28+/m0/s1. The Labute approximate surface area is 208 Å². The Morgan fingerprint density at radius 1 is 1.09 bits per heavy atom. The van der Waals surface area contributed by atoms with Crippen molar-refractivity contribution in [3.8, 4) is 0 Å². The van der Waals surface area contributed by atoms with Crippen molar-refractivity contribution < 1.29 is 34.4 Å². The molecule has 1 unspecified atom stereocenters. The zero-order valence-electron chi connectivity index (χ0n) is 22.0. The predicted octanol–water partition coefficient (Wildman–Crippen LogP) is 3.08. The first-order valence-electron chi connectivity index (χ1n) is 13.4. The van der Waals surface area contributed by atoms with Gasteiger partial charge in [0.15, 0.2) is 0 Å². The van der Waals surface area contributed by atoms with Gasteiger partial charge in [0.25, 0.3) is 0 Å². The number of fused-ring (bicyclic) bond motifs is 4. The molecule has 1 saturated heterocycles. The third-order valence-corrected chi connectivity index (χ3v) is 11.4. The van der Waals surface area contributed by atoms with Gasteiger partial charge in [0, 0.05) is 41.6 Å². The first-order chi connectivity index (χ1) is 16.2. The van der Waals surface area contributed by atoms with Crippen molar-refractivity contribution in [2.24, 2.45) is 28.6 Å². The van der Waals surface area contributed by atoms with E-state index in [-0.39, 0.29) is 30.6 Å². The molecule has 0 aromatic carbocycles. The molecule has 0 aromatic rings. The summed E-state index contributed by atoms with van der Waals surface area (Å²) in [4.78, 5) is 25.9. The van der Waals surface area contributed by atoms with Gasteiger partial charge in [-0.25, -0.2) is 4.79 Å². The molecule has 10 atom stereocenters. The van der Waals surface area contributed by atoms with Gasteiger partial charge >= 0.3 is 5.97 Å². The highest BCUT2D eigenvalue weighted by molar-refractivity contribution is 5.83. The molecule has 7 heteroatoms. The van der Waals surface area contributed by atoms with Gasteiger partial charge < -0.3 is 24.8 Å². The van der Waals surface area contributed by atoms with Crippen molar-refractivity contribution >= 4 is 11.8 Å². The predicted molar refractivity (Wildman–Crippen MR) is 128 cm³/mol. The Morgan fingerprint density at radius 2 is 1.77 bits per heavy atom. The number of Topliss-reactive ketones (excluding diaryl/α,β-unsaturated/α-hetero) is 1. The second-order valence-corrected chi connectivity index (χ2v) is 13.0. The largest absolute Gasteiger partial charge is 0.458 e. The van der Waals surface area contributed by atoms with Crippen molar-refractivity contribution in [2.75, 3.05) is 0 Å².